The highest BCUT2D eigenvalue weighted by molar-refractivity contribution is 5.87. The molecule has 0 bridgehead atoms. The summed E-state index contributed by atoms with van der Waals surface area (Å²) in [6, 6.07) is 9.59. The Balaban J connectivity index is 1.47. The quantitative estimate of drug-likeness (QED) is 0.876. The van der Waals surface area contributed by atoms with Crippen molar-refractivity contribution in [2.45, 2.75) is 38.1 Å². The maximum absolute atomic E-state index is 12.2. The van der Waals surface area contributed by atoms with Gasteiger partial charge >= 0.3 is 0 Å². The van der Waals surface area contributed by atoms with E-state index in [1.165, 1.54) is 0 Å². The molecule has 0 unspecified atom stereocenters. The molecule has 24 heavy (non-hydrogen) atoms. The smallest absolute Gasteiger partial charge is 0.242 e. The largest absolute Gasteiger partial charge is 0.354 e. The Hall–Kier alpha value is -2.63. The highest BCUT2D eigenvalue weighted by atomic mass is 16.2. The summed E-state index contributed by atoms with van der Waals surface area (Å²) in [5.74, 6) is -0.111. The van der Waals surface area contributed by atoms with Gasteiger partial charge in [-0.05, 0) is 43.0 Å². The van der Waals surface area contributed by atoms with E-state index in [1.807, 2.05) is 36.5 Å². The number of carbonyl (C=O) groups excluding carboxylic acids is 2. The Labute approximate surface area is 141 Å². The van der Waals surface area contributed by atoms with Gasteiger partial charge in [-0.15, -0.1) is 0 Å². The van der Waals surface area contributed by atoms with Crippen LogP contribution in [0.3, 0.4) is 0 Å². The van der Waals surface area contributed by atoms with E-state index in [9.17, 15) is 9.59 Å². The standard InChI is InChI=1S/C18H22N4O2/c23-17-5-2-1-4-16(21-17)18(24)19-12-10-14-6-8-15(9-7-14)22-13-3-11-20-22/h3,6-9,11,13,16H,1-2,4-5,10,12H2,(H,19,24)(H,21,23)/t16-/m0/s1. The SMILES string of the molecule is O=C1CCCC[C@@H](C(=O)NCCc2ccc(-n3cccn3)cc2)N1. The molecule has 0 saturated carbocycles. The lowest BCUT2D eigenvalue weighted by Gasteiger charge is -2.15. The number of nitrogens with one attached hydrogen (secondary N) is 2. The van der Waals surface area contributed by atoms with Crippen molar-refractivity contribution in [3.63, 3.8) is 0 Å². The first-order chi connectivity index (χ1) is 11.7. The number of carbonyl (C=O) groups is 2. The summed E-state index contributed by atoms with van der Waals surface area (Å²) in [6.07, 6.45) is 7.41. The number of aromatic nitrogens is 2. The van der Waals surface area contributed by atoms with Gasteiger partial charge in [0.1, 0.15) is 6.04 Å². The summed E-state index contributed by atoms with van der Waals surface area (Å²) in [5.41, 5.74) is 2.16. The minimum absolute atomic E-state index is 0.0261. The summed E-state index contributed by atoms with van der Waals surface area (Å²) in [4.78, 5) is 23.7. The van der Waals surface area contributed by atoms with Crippen LogP contribution >= 0.6 is 0 Å². The normalized spacial score (nSPS) is 17.8. The number of hydrogen-bond donors (Lipinski definition) is 2. The average molecular weight is 326 g/mol. The van der Waals surface area contributed by atoms with Gasteiger partial charge in [0, 0.05) is 25.4 Å². The minimum Gasteiger partial charge on any atom is -0.354 e. The fourth-order valence-electron chi connectivity index (χ4n) is 2.86. The first-order valence-electron chi connectivity index (χ1n) is 8.38. The third-order valence-corrected chi connectivity index (χ3v) is 4.22. The molecule has 2 heterocycles. The van der Waals surface area contributed by atoms with Gasteiger partial charge in [0.15, 0.2) is 0 Å². The van der Waals surface area contributed by atoms with Crippen molar-refractivity contribution < 1.29 is 9.59 Å². The van der Waals surface area contributed by atoms with Crippen LogP contribution in [-0.2, 0) is 16.0 Å². The number of amides is 2. The predicted molar refractivity (Wildman–Crippen MR) is 90.7 cm³/mol. The first-order valence-corrected chi connectivity index (χ1v) is 8.38. The molecule has 1 aromatic heterocycles. The minimum atomic E-state index is -0.387. The van der Waals surface area contributed by atoms with Crippen LogP contribution in [0, 0.1) is 0 Å². The number of benzene rings is 1. The van der Waals surface area contributed by atoms with Crippen LogP contribution in [0.1, 0.15) is 31.2 Å². The topological polar surface area (TPSA) is 76.0 Å². The molecule has 1 aromatic carbocycles. The molecule has 3 rings (SSSR count). The molecule has 2 aromatic rings. The predicted octanol–water partition coefficient (Wildman–Crippen LogP) is 1.59. The van der Waals surface area contributed by atoms with E-state index < -0.39 is 0 Å². The van der Waals surface area contributed by atoms with Gasteiger partial charge in [0.2, 0.25) is 11.8 Å². The molecule has 2 amide bonds. The Kier molecular flexibility index (Phi) is 5.25. The second-order valence-electron chi connectivity index (χ2n) is 6.02. The van der Waals surface area contributed by atoms with Crippen LogP contribution in [0.25, 0.3) is 5.69 Å². The second kappa shape index (κ2) is 7.77. The van der Waals surface area contributed by atoms with Crippen LogP contribution in [0.2, 0.25) is 0 Å². The highest BCUT2D eigenvalue weighted by Gasteiger charge is 2.22. The van der Waals surface area contributed by atoms with E-state index >= 15 is 0 Å². The van der Waals surface area contributed by atoms with Crippen molar-refractivity contribution >= 4 is 11.8 Å². The summed E-state index contributed by atoms with van der Waals surface area (Å²) in [7, 11) is 0. The van der Waals surface area contributed by atoms with Crippen molar-refractivity contribution in [2.75, 3.05) is 6.54 Å². The maximum Gasteiger partial charge on any atom is 0.242 e. The Morgan fingerprint density at radius 1 is 1.29 bits per heavy atom. The second-order valence-corrected chi connectivity index (χ2v) is 6.02. The zero-order valence-corrected chi connectivity index (χ0v) is 13.6. The molecule has 6 nitrogen and oxygen atoms in total. The lowest BCUT2D eigenvalue weighted by atomic mass is 10.1. The van der Waals surface area contributed by atoms with E-state index in [-0.39, 0.29) is 17.9 Å². The number of rotatable bonds is 5. The molecule has 1 fully saturated rings. The summed E-state index contributed by atoms with van der Waals surface area (Å²) < 4.78 is 1.81. The molecule has 1 aliphatic rings. The van der Waals surface area contributed by atoms with Crippen molar-refractivity contribution in [1.29, 1.82) is 0 Å². The Morgan fingerprint density at radius 2 is 2.12 bits per heavy atom. The molecule has 126 valence electrons. The summed E-state index contributed by atoms with van der Waals surface area (Å²) in [6.45, 7) is 0.562. The van der Waals surface area contributed by atoms with Gasteiger partial charge in [-0.25, -0.2) is 4.68 Å². The average Bonchev–Trinajstić information content (AvgIpc) is 3.04. The third-order valence-electron chi connectivity index (χ3n) is 4.22. The van der Waals surface area contributed by atoms with E-state index in [1.54, 1.807) is 10.9 Å². The molecule has 0 radical (unpaired) electrons. The fraction of sp³-hybridized carbons (Fsp3) is 0.389. The number of nitrogens with zero attached hydrogens (tertiary/aromatic N) is 2. The molecule has 1 aliphatic heterocycles. The first kappa shape index (κ1) is 16.2. The number of hydrogen-bond acceptors (Lipinski definition) is 3. The van der Waals surface area contributed by atoms with Gasteiger partial charge in [0.25, 0.3) is 0 Å². The van der Waals surface area contributed by atoms with E-state index in [2.05, 4.69) is 15.7 Å². The van der Waals surface area contributed by atoms with Crippen LogP contribution in [0.15, 0.2) is 42.7 Å². The van der Waals surface area contributed by atoms with E-state index in [0.717, 1.165) is 36.9 Å². The lowest BCUT2D eigenvalue weighted by Crippen LogP contribution is -2.46. The van der Waals surface area contributed by atoms with Crippen LogP contribution in [0.4, 0.5) is 0 Å². The van der Waals surface area contributed by atoms with Crippen LogP contribution < -0.4 is 10.6 Å². The maximum atomic E-state index is 12.2. The Morgan fingerprint density at radius 3 is 2.88 bits per heavy atom. The zero-order chi connectivity index (χ0) is 16.8. The van der Waals surface area contributed by atoms with Crippen molar-refractivity contribution in [2.24, 2.45) is 0 Å². The van der Waals surface area contributed by atoms with Crippen LogP contribution in [0.5, 0.6) is 0 Å². The third kappa shape index (κ3) is 4.22. The van der Waals surface area contributed by atoms with Crippen molar-refractivity contribution in [3.05, 3.63) is 48.3 Å². The molecule has 0 spiro atoms. The van der Waals surface area contributed by atoms with Gasteiger partial charge in [-0.2, -0.15) is 5.10 Å². The van der Waals surface area contributed by atoms with Crippen LogP contribution in [-0.4, -0.2) is 34.2 Å². The molecule has 2 N–H and O–H groups in total. The van der Waals surface area contributed by atoms with Crippen molar-refractivity contribution in [1.82, 2.24) is 20.4 Å². The summed E-state index contributed by atoms with van der Waals surface area (Å²) >= 11 is 0. The molecule has 0 aliphatic carbocycles. The van der Waals surface area contributed by atoms with Gasteiger partial charge in [-0.1, -0.05) is 18.6 Å². The van der Waals surface area contributed by atoms with E-state index in [4.69, 9.17) is 0 Å². The molecule has 6 heteroatoms. The monoisotopic (exact) mass is 326 g/mol. The van der Waals surface area contributed by atoms with E-state index in [0.29, 0.717) is 13.0 Å². The molecular weight excluding hydrogens is 304 g/mol. The lowest BCUT2D eigenvalue weighted by molar-refractivity contribution is -0.128. The summed E-state index contributed by atoms with van der Waals surface area (Å²) in [5, 5.41) is 9.90. The Bertz CT molecular complexity index is 680. The molecule has 1 saturated heterocycles. The fourth-order valence-corrected chi connectivity index (χ4v) is 2.86. The molecular formula is C18H22N4O2. The zero-order valence-electron chi connectivity index (χ0n) is 13.6. The van der Waals surface area contributed by atoms with Gasteiger partial charge < -0.3 is 10.6 Å². The van der Waals surface area contributed by atoms with Gasteiger partial charge in [0.05, 0.1) is 5.69 Å². The molecule has 1 atom stereocenters. The highest BCUT2D eigenvalue weighted by Crippen LogP contribution is 2.10. The van der Waals surface area contributed by atoms with Gasteiger partial charge in [-0.3, -0.25) is 9.59 Å². The van der Waals surface area contributed by atoms with Crippen molar-refractivity contribution in [3.8, 4) is 5.69 Å².